The van der Waals surface area contributed by atoms with Gasteiger partial charge < -0.3 is 14.7 Å². The van der Waals surface area contributed by atoms with Crippen molar-refractivity contribution in [1.82, 2.24) is 4.90 Å². The smallest absolute Gasteiger partial charge is 0.329 e. The van der Waals surface area contributed by atoms with Gasteiger partial charge in [-0.15, -0.1) is 11.8 Å². The summed E-state index contributed by atoms with van der Waals surface area (Å²) in [7, 11) is 0. The van der Waals surface area contributed by atoms with Crippen molar-refractivity contribution >= 4 is 5.97 Å². The van der Waals surface area contributed by atoms with Crippen LogP contribution in [-0.2, 0) is 9.53 Å². The van der Waals surface area contributed by atoms with Crippen LogP contribution in [0.4, 0.5) is 0 Å². The van der Waals surface area contributed by atoms with E-state index in [0.717, 1.165) is 38.9 Å². The van der Waals surface area contributed by atoms with Gasteiger partial charge in [0, 0.05) is 26.1 Å². The number of aliphatic carboxylic acids is 1. The van der Waals surface area contributed by atoms with Crippen LogP contribution in [0.1, 0.15) is 26.2 Å². The monoisotopic (exact) mass is 225 g/mol. The number of nitrogens with zero attached hydrogens (tertiary/aromatic N) is 1. The number of carboxylic acid groups (broad SMARTS) is 1. The highest BCUT2D eigenvalue weighted by Gasteiger charge is 2.19. The van der Waals surface area contributed by atoms with Gasteiger partial charge in [-0.1, -0.05) is 0 Å². The maximum Gasteiger partial charge on any atom is 0.329 e. The number of carbonyl (C=O) groups is 1. The zero-order valence-electron chi connectivity index (χ0n) is 9.74. The second-order valence-electron chi connectivity index (χ2n) is 3.92. The van der Waals surface area contributed by atoms with Gasteiger partial charge in [0.2, 0.25) is 0 Å². The van der Waals surface area contributed by atoms with Crippen LogP contribution in [0.5, 0.6) is 0 Å². The molecule has 1 rings (SSSR count). The predicted octanol–water partition coefficient (Wildman–Crippen LogP) is 0.965. The minimum absolute atomic E-state index is 0.115. The molecule has 4 heteroatoms. The number of carboxylic acids is 1. The lowest BCUT2D eigenvalue weighted by atomic mass is 10.1. The summed E-state index contributed by atoms with van der Waals surface area (Å²) in [5.74, 6) is 5.04. The normalized spacial score (nSPS) is 17.8. The standard InChI is InChI=1S/C12H19NO3/c1-2-3-4-7-13-8-5-11(6-9-13)16-10-12(14)15/h11H,4-10H2,1H3,(H,14,15). The van der Waals surface area contributed by atoms with Crippen molar-refractivity contribution in [2.24, 2.45) is 0 Å². The highest BCUT2D eigenvalue weighted by atomic mass is 16.5. The molecule has 1 aliphatic heterocycles. The van der Waals surface area contributed by atoms with E-state index in [1.807, 2.05) is 6.92 Å². The van der Waals surface area contributed by atoms with E-state index in [0.29, 0.717) is 0 Å². The van der Waals surface area contributed by atoms with Crippen molar-refractivity contribution < 1.29 is 14.6 Å². The van der Waals surface area contributed by atoms with Crippen LogP contribution in [-0.4, -0.2) is 48.3 Å². The Balaban J connectivity index is 2.12. The Morgan fingerprint density at radius 2 is 2.19 bits per heavy atom. The second-order valence-corrected chi connectivity index (χ2v) is 3.92. The van der Waals surface area contributed by atoms with Crippen molar-refractivity contribution in [3.05, 3.63) is 0 Å². The fourth-order valence-electron chi connectivity index (χ4n) is 1.83. The topological polar surface area (TPSA) is 49.8 Å². The molecule has 0 amide bonds. The van der Waals surface area contributed by atoms with E-state index >= 15 is 0 Å². The van der Waals surface area contributed by atoms with Gasteiger partial charge in [0.05, 0.1) is 6.10 Å². The quantitative estimate of drug-likeness (QED) is 0.708. The van der Waals surface area contributed by atoms with Gasteiger partial charge in [0.25, 0.3) is 0 Å². The molecule has 0 radical (unpaired) electrons. The minimum Gasteiger partial charge on any atom is -0.480 e. The van der Waals surface area contributed by atoms with Gasteiger partial charge in [-0.3, -0.25) is 0 Å². The Morgan fingerprint density at radius 1 is 1.50 bits per heavy atom. The van der Waals surface area contributed by atoms with Crippen LogP contribution in [0.2, 0.25) is 0 Å². The minimum atomic E-state index is -0.888. The van der Waals surface area contributed by atoms with E-state index in [9.17, 15) is 4.79 Å². The molecule has 0 atom stereocenters. The summed E-state index contributed by atoms with van der Waals surface area (Å²) < 4.78 is 5.26. The number of hydrogen-bond acceptors (Lipinski definition) is 3. The molecule has 0 aromatic rings. The zero-order valence-corrected chi connectivity index (χ0v) is 9.74. The molecule has 1 N–H and O–H groups in total. The molecule has 1 saturated heterocycles. The van der Waals surface area contributed by atoms with Crippen molar-refractivity contribution in [1.29, 1.82) is 0 Å². The van der Waals surface area contributed by atoms with Crippen molar-refractivity contribution in [2.45, 2.75) is 32.3 Å². The zero-order chi connectivity index (χ0) is 11.8. The van der Waals surface area contributed by atoms with Crippen molar-refractivity contribution in [3.63, 3.8) is 0 Å². The Labute approximate surface area is 96.6 Å². The summed E-state index contributed by atoms with van der Waals surface area (Å²) in [6, 6.07) is 0. The highest BCUT2D eigenvalue weighted by Crippen LogP contribution is 2.13. The summed E-state index contributed by atoms with van der Waals surface area (Å²) in [4.78, 5) is 12.7. The first-order valence-electron chi connectivity index (χ1n) is 5.67. The van der Waals surface area contributed by atoms with Gasteiger partial charge >= 0.3 is 5.97 Å². The maximum absolute atomic E-state index is 10.3. The molecular formula is C12H19NO3. The fourth-order valence-corrected chi connectivity index (χ4v) is 1.83. The van der Waals surface area contributed by atoms with Gasteiger partial charge in [0.15, 0.2) is 0 Å². The lowest BCUT2D eigenvalue weighted by Gasteiger charge is -2.31. The molecule has 0 saturated carbocycles. The lowest BCUT2D eigenvalue weighted by molar-refractivity contribution is -0.145. The number of hydrogen-bond donors (Lipinski definition) is 1. The molecule has 4 nitrogen and oxygen atoms in total. The SMILES string of the molecule is CC#CCCN1CCC(OCC(=O)O)CC1. The summed E-state index contributed by atoms with van der Waals surface area (Å²) in [5.41, 5.74) is 0. The molecule has 0 aromatic carbocycles. The van der Waals surface area contributed by atoms with Crippen molar-refractivity contribution in [3.8, 4) is 11.8 Å². The molecule has 0 unspecified atom stereocenters. The van der Waals surface area contributed by atoms with E-state index in [-0.39, 0.29) is 12.7 Å². The third-order valence-corrected chi connectivity index (χ3v) is 2.71. The van der Waals surface area contributed by atoms with E-state index in [1.165, 1.54) is 0 Å². The summed E-state index contributed by atoms with van der Waals surface area (Å²) in [6.45, 7) is 4.65. The molecule has 1 fully saturated rings. The van der Waals surface area contributed by atoms with Crippen molar-refractivity contribution in [2.75, 3.05) is 26.2 Å². The average molecular weight is 225 g/mol. The molecule has 0 spiro atoms. The second kappa shape index (κ2) is 7.26. The molecule has 16 heavy (non-hydrogen) atoms. The third-order valence-electron chi connectivity index (χ3n) is 2.71. The van der Waals surface area contributed by atoms with Crippen LogP contribution in [0.3, 0.4) is 0 Å². The van der Waals surface area contributed by atoms with Crippen LogP contribution in [0, 0.1) is 11.8 Å². The average Bonchev–Trinajstić information content (AvgIpc) is 2.28. The molecule has 0 aliphatic carbocycles. The first kappa shape index (κ1) is 13.0. The van der Waals surface area contributed by atoms with E-state index < -0.39 is 5.97 Å². The number of piperidine rings is 1. The van der Waals surface area contributed by atoms with Crippen LogP contribution < -0.4 is 0 Å². The van der Waals surface area contributed by atoms with Gasteiger partial charge in [-0.2, -0.15) is 0 Å². The molecule has 1 aliphatic rings. The van der Waals surface area contributed by atoms with Gasteiger partial charge in [-0.25, -0.2) is 4.79 Å². The summed E-state index contributed by atoms with van der Waals surface area (Å²) in [6.07, 6.45) is 2.88. The van der Waals surface area contributed by atoms with Crippen LogP contribution in [0.15, 0.2) is 0 Å². The first-order valence-corrected chi connectivity index (χ1v) is 5.67. The van der Waals surface area contributed by atoms with Crippen LogP contribution >= 0.6 is 0 Å². The molecule has 1 heterocycles. The highest BCUT2D eigenvalue weighted by molar-refractivity contribution is 5.68. The van der Waals surface area contributed by atoms with Gasteiger partial charge in [-0.05, 0) is 19.8 Å². The van der Waals surface area contributed by atoms with Crippen LogP contribution in [0.25, 0.3) is 0 Å². The molecular weight excluding hydrogens is 206 g/mol. The summed E-state index contributed by atoms with van der Waals surface area (Å²) in [5, 5.41) is 8.49. The molecule has 90 valence electrons. The Morgan fingerprint density at radius 3 is 2.75 bits per heavy atom. The fraction of sp³-hybridized carbons (Fsp3) is 0.750. The number of likely N-dealkylation sites (tertiary alicyclic amines) is 1. The summed E-state index contributed by atoms with van der Waals surface area (Å²) >= 11 is 0. The van der Waals surface area contributed by atoms with E-state index in [2.05, 4.69) is 16.7 Å². The maximum atomic E-state index is 10.3. The molecule has 0 bridgehead atoms. The Kier molecular flexibility index (Phi) is 5.91. The van der Waals surface area contributed by atoms with Gasteiger partial charge in [0.1, 0.15) is 6.61 Å². The predicted molar refractivity (Wildman–Crippen MR) is 61.1 cm³/mol. The first-order chi connectivity index (χ1) is 7.72. The van der Waals surface area contributed by atoms with E-state index in [4.69, 9.17) is 9.84 Å². The Hall–Kier alpha value is -1.05. The lowest BCUT2D eigenvalue weighted by Crippen LogP contribution is -2.38. The van der Waals surface area contributed by atoms with E-state index in [1.54, 1.807) is 0 Å². The molecule has 0 aromatic heterocycles. The number of ether oxygens (including phenoxy) is 1. The largest absolute Gasteiger partial charge is 0.480 e. The Bertz CT molecular complexity index is 272. The third kappa shape index (κ3) is 5.15. The number of rotatable bonds is 5.